The number of ether oxygens (including phenoxy) is 3. The Bertz CT molecular complexity index is 850. The molecule has 4 heterocycles. The number of rotatable bonds is 3. The summed E-state index contributed by atoms with van der Waals surface area (Å²) in [6.45, 7) is 8.15. The average Bonchev–Trinajstić information content (AvgIpc) is 2.88. The molecule has 5 rings (SSSR count). The lowest BCUT2D eigenvalue weighted by molar-refractivity contribution is -0.176. The third kappa shape index (κ3) is 1.96. The normalized spacial score (nSPS) is 38.3. The number of anilines is 1. The fourth-order valence-electron chi connectivity index (χ4n) is 4.42. The van der Waals surface area contributed by atoms with Crippen LogP contribution in [0.25, 0.3) is 5.52 Å². The highest BCUT2D eigenvalue weighted by Crippen LogP contribution is 2.64. The maximum absolute atomic E-state index is 6.36. The zero-order valence-corrected chi connectivity index (χ0v) is 14.8. The molecule has 0 amide bonds. The molecule has 2 aromatic heterocycles. The van der Waals surface area contributed by atoms with Crippen LogP contribution >= 0.6 is 0 Å². The molecule has 8 heteroatoms. The summed E-state index contributed by atoms with van der Waals surface area (Å²) in [7, 11) is 0. The van der Waals surface area contributed by atoms with Crippen LogP contribution in [0.15, 0.2) is 18.5 Å². The van der Waals surface area contributed by atoms with E-state index < -0.39 is 11.4 Å². The predicted molar refractivity (Wildman–Crippen MR) is 89.8 cm³/mol. The Hall–Kier alpha value is -1.74. The first-order chi connectivity index (χ1) is 11.8. The van der Waals surface area contributed by atoms with E-state index in [4.69, 9.17) is 19.9 Å². The van der Waals surface area contributed by atoms with E-state index >= 15 is 0 Å². The first-order valence-electron chi connectivity index (χ1n) is 8.71. The molecule has 1 saturated carbocycles. The highest BCUT2D eigenvalue weighted by Gasteiger charge is 2.83. The Balaban J connectivity index is 1.54. The highest BCUT2D eigenvalue weighted by atomic mass is 16.8. The Morgan fingerprint density at radius 3 is 2.84 bits per heavy atom. The van der Waals surface area contributed by atoms with Crippen LogP contribution in [0.3, 0.4) is 0 Å². The zero-order valence-electron chi connectivity index (χ0n) is 14.8. The van der Waals surface area contributed by atoms with Gasteiger partial charge in [0.1, 0.15) is 35.8 Å². The molecule has 1 aliphatic carbocycles. The van der Waals surface area contributed by atoms with Crippen molar-refractivity contribution in [3.63, 3.8) is 0 Å². The molecule has 1 spiro atoms. The van der Waals surface area contributed by atoms with Crippen molar-refractivity contribution < 1.29 is 14.2 Å². The second kappa shape index (κ2) is 4.70. The van der Waals surface area contributed by atoms with Gasteiger partial charge in [-0.1, -0.05) is 13.8 Å². The standard InChI is InChI=1S/C17H23N5O3/c1-8(2)21-12-14-17(12)13(24-16(3,4)25-17)11(23-14)9-5-6-10-15(18)19-7-20-22(9)10/h5-8,11-14,21H,1-4H3,(H2,18,19,20)/t11-,12?,13-,14+,17-/m0/s1. The maximum Gasteiger partial charge on any atom is 0.164 e. The van der Waals surface area contributed by atoms with Gasteiger partial charge in [-0.25, -0.2) is 9.50 Å². The lowest BCUT2D eigenvalue weighted by atomic mass is 10.0. The maximum atomic E-state index is 6.36. The summed E-state index contributed by atoms with van der Waals surface area (Å²) < 4.78 is 20.7. The summed E-state index contributed by atoms with van der Waals surface area (Å²) >= 11 is 0. The van der Waals surface area contributed by atoms with Crippen molar-refractivity contribution in [1.82, 2.24) is 19.9 Å². The molecule has 2 saturated heterocycles. The van der Waals surface area contributed by atoms with Crippen LogP contribution in [0.1, 0.15) is 39.5 Å². The monoisotopic (exact) mass is 345 g/mol. The lowest BCUT2D eigenvalue weighted by Crippen LogP contribution is -2.40. The topological polar surface area (TPSA) is 95.9 Å². The number of aromatic nitrogens is 3. The van der Waals surface area contributed by atoms with Crippen LogP contribution in [0.2, 0.25) is 0 Å². The first-order valence-corrected chi connectivity index (χ1v) is 8.71. The van der Waals surface area contributed by atoms with Crippen LogP contribution in [0.5, 0.6) is 0 Å². The van der Waals surface area contributed by atoms with E-state index in [1.807, 2.05) is 26.0 Å². The quantitative estimate of drug-likeness (QED) is 0.857. The predicted octanol–water partition coefficient (Wildman–Crippen LogP) is 1.02. The van der Waals surface area contributed by atoms with Gasteiger partial charge in [-0.05, 0) is 26.0 Å². The van der Waals surface area contributed by atoms with Crippen molar-refractivity contribution in [2.45, 2.75) is 69.5 Å². The minimum absolute atomic E-state index is 0.0311. The van der Waals surface area contributed by atoms with Gasteiger partial charge in [-0.15, -0.1) is 0 Å². The van der Waals surface area contributed by atoms with E-state index in [1.165, 1.54) is 6.33 Å². The van der Waals surface area contributed by atoms with Crippen LogP contribution in [-0.4, -0.2) is 50.3 Å². The van der Waals surface area contributed by atoms with Crippen LogP contribution in [0.4, 0.5) is 5.82 Å². The Kier molecular flexibility index (Phi) is 2.92. The van der Waals surface area contributed by atoms with Gasteiger partial charge in [-0.3, -0.25) is 0 Å². The molecule has 0 radical (unpaired) electrons. The van der Waals surface area contributed by atoms with Crippen molar-refractivity contribution in [3.8, 4) is 0 Å². The van der Waals surface area contributed by atoms with Gasteiger partial charge in [0.05, 0.1) is 11.7 Å². The second-order valence-electron chi connectivity index (χ2n) is 7.87. The molecule has 1 unspecified atom stereocenters. The summed E-state index contributed by atoms with van der Waals surface area (Å²) in [5, 5.41) is 7.88. The van der Waals surface area contributed by atoms with Crippen LogP contribution in [0, 0.1) is 0 Å². The summed E-state index contributed by atoms with van der Waals surface area (Å²) in [5.41, 5.74) is 7.18. The fourth-order valence-corrected chi connectivity index (χ4v) is 4.42. The zero-order chi connectivity index (χ0) is 17.6. The smallest absolute Gasteiger partial charge is 0.164 e. The molecule has 3 N–H and O–H groups in total. The molecule has 2 aromatic rings. The van der Waals surface area contributed by atoms with E-state index in [-0.39, 0.29) is 24.4 Å². The molecular weight excluding hydrogens is 322 g/mol. The van der Waals surface area contributed by atoms with Crippen molar-refractivity contribution >= 4 is 11.3 Å². The number of hydrogen-bond acceptors (Lipinski definition) is 7. The summed E-state index contributed by atoms with van der Waals surface area (Å²) in [5.74, 6) is -0.193. The summed E-state index contributed by atoms with van der Waals surface area (Å²) in [4.78, 5) is 4.04. The lowest BCUT2D eigenvalue weighted by Gasteiger charge is -2.24. The number of nitrogens with two attached hydrogens (primary N) is 1. The Morgan fingerprint density at radius 2 is 2.08 bits per heavy atom. The van der Waals surface area contributed by atoms with Crippen molar-refractivity contribution in [1.29, 1.82) is 0 Å². The minimum Gasteiger partial charge on any atom is -0.382 e. The molecule has 0 bridgehead atoms. The average molecular weight is 345 g/mol. The van der Waals surface area contributed by atoms with Gasteiger partial charge < -0.3 is 25.3 Å². The molecule has 3 fully saturated rings. The van der Waals surface area contributed by atoms with E-state index in [2.05, 4.69) is 29.2 Å². The molecule has 25 heavy (non-hydrogen) atoms. The highest BCUT2D eigenvalue weighted by molar-refractivity contribution is 5.65. The number of fused-ring (bicyclic) bond motifs is 1. The molecule has 8 nitrogen and oxygen atoms in total. The largest absolute Gasteiger partial charge is 0.382 e. The fraction of sp³-hybridized carbons (Fsp3) is 0.647. The SMILES string of the molecule is CC(C)NC1[C@H]2O[C@@H](c3ccc4c(N)ncnn34)[C@@H]3OC(C)(C)O[C@]123. The third-order valence-electron chi connectivity index (χ3n) is 5.29. The first kappa shape index (κ1) is 15.5. The van der Waals surface area contributed by atoms with Crippen LogP contribution < -0.4 is 11.1 Å². The van der Waals surface area contributed by atoms with E-state index in [0.29, 0.717) is 11.9 Å². The van der Waals surface area contributed by atoms with Gasteiger partial charge >= 0.3 is 0 Å². The van der Waals surface area contributed by atoms with Gasteiger partial charge in [-0.2, -0.15) is 5.10 Å². The Labute approximate surface area is 145 Å². The molecule has 5 atom stereocenters. The van der Waals surface area contributed by atoms with Crippen molar-refractivity contribution in [3.05, 3.63) is 24.2 Å². The second-order valence-corrected chi connectivity index (χ2v) is 7.87. The molecule has 134 valence electrons. The molecule has 2 aliphatic heterocycles. The number of hydrogen-bond donors (Lipinski definition) is 2. The number of nitrogens with zero attached hydrogens (tertiary/aromatic N) is 3. The Morgan fingerprint density at radius 1 is 1.28 bits per heavy atom. The summed E-state index contributed by atoms with van der Waals surface area (Å²) in [6, 6.07) is 4.38. The molecular formula is C17H23N5O3. The van der Waals surface area contributed by atoms with Crippen LogP contribution in [-0.2, 0) is 14.2 Å². The van der Waals surface area contributed by atoms with E-state index in [1.54, 1.807) is 4.52 Å². The number of nitrogen functional groups attached to an aromatic ring is 1. The van der Waals surface area contributed by atoms with Gasteiger partial charge in [0.25, 0.3) is 0 Å². The molecule has 0 aromatic carbocycles. The van der Waals surface area contributed by atoms with E-state index in [0.717, 1.165) is 11.2 Å². The van der Waals surface area contributed by atoms with Crippen molar-refractivity contribution in [2.24, 2.45) is 0 Å². The minimum atomic E-state index is -0.639. The van der Waals surface area contributed by atoms with Gasteiger partial charge in [0, 0.05) is 6.04 Å². The van der Waals surface area contributed by atoms with Gasteiger partial charge in [0.2, 0.25) is 0 Å². The summed E-state index contributed by atoms with van der Waals surface area (Å²) in [6.07, 6.45) is 0.972. The van der Waals surface area contributed by atoms with E-state index in [9.17, 15) is 0 Å². The van der Waals surface area contributed by atoms with Gasteiger partial charge in [0.15, 0.2) is 11.6 Å². The van der Waals surface area contributed by atoms with Crippen molar-refractivity contribution in [2.75, 3.05) is 5.73 Å². The third-order valence-corrected chi connectivity index (χ3v) is 5.29. The molecule has 3 aliphatic rings. The number of nitrogens with one attached hydrogen (secondary N) is 1.